The van der Waals surface area contributed by atoms with Gasteiger partial charge >= 0.3 is 0 Å². The monoisotopic (exact) mass is 999 g/mol. The normalized spacial score (nSPS) is 13.9. The van der Waals surface area contributed by atoms with Crippen LogP contribution in [0.4, 0.5) is 0 Å². The maximum Gasteiger partial charge on any atom is 0.113 e. The van der Waals surface area contributed by atoms with Gasteiger partial charge in [-0.3, -0.25) is 0 Å². The highest BCUT2D eigenvalue weighted by Crippen LogP contribution is 2.45. The van der Waals surface area contributed by atoms with E-state index >= 15 is 0 Å². The van der Waals surface area contributed by atoms with Crippen molar-refractivity contribution in [2.75, 3.05) is 0 Å². The van der Waals surface area contributed by atoms with Crippen LogP contribution in [-0.4, -0.2) is 239 Å². The molecular formula is C49H47B33. The molecule has 6 aromatic rings. The molecule has 0 amide bonds. The summed E-state index contributed by atoms with van der Waals surface area (Å²) in [5, 5.41) is 7.35. The second kappa shape index (κ2) is 25.6. The van der Waals surface area contributed by atoms with Gasteiger partial charge in [0.15, 0.2) is 0 Å². The molecule has 6 aromatic carbocycles. The first-order chi connectivity index (χ1) is 38.2. The van der Waals surface area contributed by atoms with Gasteiger partial charge in [0.25, 0.3) is 0 Å². The molecule has 0 spiro atoms. The number of benzene rings is 6. The number of fused-ring (bicyclic) bond motifs is 4. The fourth-order valence-corrected chi connectivity index (χ4v) is 14.6. The van der Waals surface area contributed by atoms with Crippen molar-refractivity contribution in [1.29, 1.82) is 0 Å². The van der Waals surface area contributed by atoms with E-state index in [1.807, 2.05) is 0 Å². The Morgan fingerprint density at radius 2 is 0.805 bits per heavy atom. The molecule has 0 nitrogen and oxygen atoms in total. The molecule has 2 unspecified atom stereocenters. The van der Waals surface area contributed by atoms with Crippen molar-refractivity contribution in [3.05, 3.63) is 82.8 Å². The molecule has 2 atom stereocenters. The number of hydrogen-bond acceptors (Lipinski definition) is 0. The van der Waals surface area contributed by atoms with Gasteiger partial charge in [0.05, 0.1) is 39.6 Å². The molecule has 342 valence electrons. The first-order valence-electron chi connectivity index (χ1n) is 28.5. The van der Waals surface area contributed by atoms with E-state index in [1.165, 1.54) is 89.2 Å². The lowest BCUT2D eigenvalue weighted by Crippen LogP contribution is -2.80. The summed E-state index contributed by atoms with van der Waals surface area (Å²) in [5.41, 5.74) is 21.5. The third-order valence-electron chi connectivity index (χ3n) is 20.1. The van der Waals surface area contributed by atoms with Crippen LogP contribution < -0.4 is 48.7 Å². The topological polar surface area (TPSA) is 0 Å². The Hall–Kier alpha value is -2.02. The highest BCUT2D eigenvalue weighted by molar-refractivity contribution is 7.89. The van der Waals surface area contributed by atoms with Gasteiger partial charge in [-0.1, -0.05) is 46.7 Å². The lowest BCUT2D eigenvalue weighted by Gasteiger charge is -2.42. The Morgan fingerprint density at radius 1 is 0.354 bits per heavy atom. The molecule has 0 heterocycles. The molecule has 33 heteroatoms. The highest BCUT2D eigenvalue weighted by Gasteiger charge is 2.43. The predicted molar refractivity (Wildman–Crippen MR) is 404 cm³/mol. The fraction of sp³-hybridized carbons (Fsp3) is 0.347. The van der Waals surface area contributed by atoms with E-state index in [0.717, 1.165) is 60.2 Å². The zero-order chi connectivity index (χ0) is 61.8. The van der Waals surface area contributed by atoms with Crippen LogP contribution in [0.25, 0.3) is 54.6 Å². The Bertz CT molecular complexity index is 3690. The van der Waals surface area contributed by atoms with Crippen LogP contribution >= 0.6 is 0 Å². The Labute approximate surface area is 525 Å². The van der Waals surface area contributed by atoms with Crippen LogP contribution in [0.2, 0.25) is 0 Å². The standard InChI is InChI=1S/C49H47B33/c1-16-18(3)25(10)33-31(22(16)7)24(9)20(5)27(12)35(33)36-28(13)21(6)29(14)37-38(36)30(15)32-23(8)17(2)19(4)26(11)34(32)39(37)41-44(68-51)43(50)40-42(45(41)72(55)69-52)46(73(56)77(57)58)48(74(70-53)78(59)60)49(75(79(61)62)80(63)64)47(40)76(81(65)66)82(67)71-54/h21,28H,1-15H3. The van der Waals surface area contributed by atoms with Gasteiger partial charge in [-0.05, 0) is 234 Å². The zero-order valence-corrected chi connectivity index (χ0v) is 51.2. The van der Waals surface area contributed by atoms with Crippen molar-refractivity contribution in [2.24, 2.45) is 11.8 Å². The summed E-state index contributed by atoms with van der Waals surface area (Å²) >= 11 is 0. The summed E-state index contributed by atoms with van der Waals surface area (Å²) in [7, 11) is 131. The molecule has 7 rings (SSSR count). The Balaban J connectivity index is 2.09. The lowest BCUT2D eigenvalue weighted by molar-refractivity contribution is 0.574. The second-order valence-electron chi connectivity index (χ2n) is 24.0. The average molecular weight is 993 g/mol. The van der Waals surface area contributed by atoms with Gasteiger partial charge in [0, 0.05) is 191 Å². The quantitative estimate of drug-likeness (QED) is 0.0801. The van der Waals surface area contributed by atoms with Crippen LogP contribution in [0.15, 0.2) is 0 Å². The van der Waals surface area contributed by atoms with Gasteiger partial charge in [-0.15, -0.1) is 10.9 Å². The van der Waals surface area contributed by atoms with E-state index in [2.05, 4.69) is 104 Å². The zero-order valence-electron chi connectivity index (χ0n) is 51.2. The number of hydrogen-bond donors (Lipinski definition) is 0. The van der Waals surface area contributed by atoms with Crippen molar-refractivity contribution in [1.82, 2.24) is 0 Å². The molecule has 1 aliphatic carbocycles. The van der Waals surface area contributed by atoms with Gasteiger partial charge in [-0.2, -0.15) is 0 Å². The van der Waals surface area contributed by atoms with Crippen LogP contribution in [0.5, 0.6) is 0 Å². The van der Waals surface area contributed by atoms with Crippen molar-refractivity contribution in [3.8, 4) is 11.1 Å². The van der Waals surface area contributed by atoms with E-state index in [9.17, 15) is 0 Å². The molecule has 0 N–H and O–H groups in total. The first-order valence-corrected chi connectivity index (χ1v) is 28.5. The van der Waals surface area contributed by atoms with E-state index in [1.54, 1.807) is 0 Å². The van der Waals surface area contributed by atoms with E-state index in [0.29, 0.717) is 38.2 Å². The van der Waals surface area contributed by atoms with Crippen LogP contribution in [0.1, 0.15) is 93.1 Å². The van der Waals surface area contributed by atoms with Crippen LogP contribution in [0.3, 0.4) is 0 Å². The third kappa shape index (κ3) is 10.5. The van der Waals surface area contributed by atoms with Crippen molar-refractivity contribution >= 4 is 320 Å². The molecule has 0 bridgehead atoms. The Morgan fingerprint density at radius 3 is 1.22 bits per heavy atom. The second-order valence-corrected chi connectivity index (χ2v) is 24.0. The van der Waals surface area contributed by atoms with Crippen molar-refractivity contribution in [2.45, 2.75) is 104 Å². The van der Waals surface area contributed by atoms with E-state index in [4.69, 9.17) is 139 Å². The summed E-state index contributed by atoms with van der Waals surface area (Å²) < 4.78 is 0. The largest absolute Gasteiger partial charge is 0.113 e. The minimum absolute atomic E-state index is 0.0121. The molecular weight excluding hydrogens is 945 g/mol. The van der Waals surface area contributed by atoms with E-state index < -0.39 is 70.8 Å². The molecule has 0 aliphatic heterocycles. The SMILES string of the molecule is [B][B]B([B])B(B([B])[B])c1c(B(B([B])[B])B([B])[B])c(B([B][B])B([B])[B])c(B([B])B([B])[B])c2c(B([B])[B][B])c(-c3c4c(c(C)c5c(C)c(C)c(C)c(C)c35)=C(c3c(C)c(C)c(C)c5c(C)c(C)c(C)c(C)c35)C(C)C(C)C=4C)c([B][B])c([B])c12. The predicted octanol–water partition coefficient (Wildman–Crippen LogP) is -6.17. The van der Waals surface area contributed by atoms with Gasteiger partial charge < -0.3 is 0 Å². The molecule has 0 saturated heterocycles. The molecule has 0 saturated carbocycles. The van der Waals surface area contributed by atoms with E-state index in [-0.39, 0.29) is 28.2 Å². The maximum atomic E-state index is 8.01. The van der Waals surface area contributed by atoms with Gasteiger partial charge in [0.1, 0.15) is 7.85 Å². The highest BCUT2D eigenvalue weighted by atomic mass is 14.4. The average Bonchev–Trinajstić information content (AvgIpc) is 2.22. The lowest BCUT2D eigenvalue weighted by atomic mass is 8.66. The van der Waals surface area contributed by atoms with Crippen molar-refractivity contribution < 1.29 is 0 Å². The molecule has 0 aromatic heterocycles. The van der Waals surface area contributed by atoms with Crippen LogP contribution in [0, 0.1) is 94.9 Å². The number of rotatable bonds is 17. The summed E-state index contributed by atoms with van der Waals surface area (Å²) in [5.74, 6) is 0.0128. The minimum atomic E-state index is -1.28. The molecule has 40 radical (unpaired) electrons. The summed E-state index contributed by atoms with van der Waals surface area (Å²) in [4.78, 5) is 0. The summed E-state index contributed by atoms with van der Waals surface area (Å²) in [6.45, 7) is 27.9. The fourth-order valence-electron chi connectivity index (χ4n) is 14.6. The van der Waals surface area contributed by atoms with Crippen molar-refractivity contribution in [3.63, 3.8) is 0 Å². The summed E-state index contributed by atoms with van der Waals surface area (Å²) in [6.07, 6.45) is -7.39. The Kier molecular flexibility index (Phi) is 21.1. The van der Waals surface area contributed by atoms with Gasteiger partial charge in [-0.25, -0.2) is 0 Å². The minimum Gasteiger partial charge on any atom is -0.113 e. The summed E-state index contributed by atoms with van der Waals surface area (Å²) in [6, 6.07) is 0. The molecule has 0 fully saturated rings. The molecule has 1 aliphatic rings. The third-order valence-corrected chi connectivity index (χ3v) is 20.1. The first kappa shape index (κ1) is 67.5. The smallest absolute Gasteiger partial charge is 0.113 e. The number of aryl methyl sites for hydroxylation is 6. The maximum absolute atomic E-state index is 8.01. The van der Waals surface area contributed by atoms with Gasteiger partial charge in [0.2, 0.25) is 0 Å². The molecule has 82 heavy (non-hydrogen) atoms. The van der Waals surface area contributed by atoms with Crippen LogP contribution in [-0.2, 0) is 0 Å².